The van der Waals surface area contributed by atoms with Gasteiger partial charge in [-0.05, 0) is 37.6 Å². The molecule has 4 heteroatoms. The van der Waals surface area contributed by atoms with E-state index in [-0.39, 0.29) is 11.1 Å². The molecule has 0 aliphatic rings. The number of hydrogen-bond donors (Lipinski definition) is 0. The first-order valence-electron chi connectivity index (χ1n) is 7.09. The zero-order valence-corrected chi connectivity index (χ0v) is 12.3. The molecule has 4 nitrogen and oxygen atoms in total. The minimum atomic E-state index is -0.247. The van der Waals surface area contributed by atoms with E-state index >= 15 is 0 Å². The maximum atomic E-state index is 12.4. The van der Waals surface area contributed by atoms with Crippen LogP contribution in [-0.2, 0) is 6.54 Å². The quantitative estimate of drug-likeness (QED) is 0.846. The summed E-state index contributed by atoms with van der Waals surface area (Å²) in [6.07, 6.45) is 0.818. The van der Waals surface area contributed by atoms with E-state index in [4.69, 9.17) is 10.00 Å². The first kappa shape index (κ1) is 14.9. The molecule has 0 fully saturated rings. The number of aromatic nitrogens is 1. The van der Waals surface area contributed by atoms with Crippen LogP contribution in [0.4, 0.5) is 0 Å². The molecule has 0 bridgehead atoms. The van der Waals surface area contributed by atoms with Gasteiger partial charge in [-0.3, -0.25) is 4.79 Å². The summed E-state index contributed by atoms with van der Waals surface area (Å²) in [6.45, 7) is 5.06. The Kier molecular flexibility index (Phi) is 4.78. The lowest BCUT2D eigenvalue weighted by Gasteiger charge is -2.15. The Labute approximate surface area is 124 Å². The standard InChI is InChI=1S/C17H18N2O2/c1-3-11-19-15(10-9-13(12-18)17(19)20)14-7-5-6-8-16(14)21-4-2/h5-10H,3-4,11H2,1-2H3. The van der Waals surface area contributed by atoms with E-state index in [1.165, 1.54) is 0 Å². The molecule has 0 spiro atoms. The summed E-state index contributed by atoms with van der Waals surface area (Å²) >= 11 is 0. The summed E-state index contributed by atoms with van der Waals surface area (Å²) in [5.74, 6) is 0.744. The maximum absolute atomic E-state index is 12.4. The fraction of sp³-hybridized carbons (Fsp3) is 0.294. The molecule has 0 saturated carbocycles. The topological polar surface area (TPSA) is 55.0 Å². The minimum absolute atomic E-state index is 0.168. The van der Waals surface area contributed by atoms with Gasteiger partial charge in [0.1, 0.15) is 17.4 Å². The molecular weight excluding hydrogens is 264 g/mol. The van der Waals surface area contributed by atoms with Crippen molar-refractivity contribution in [3.05, 3.63) is 52.3 Å². The van der Waals surface area contributed by atoms with Crippen LogP contribution in [0.1, 0.15) is 25.8 Å². The van der Waals surface area contributed by atoms with Gasteiger partial charge in [-0.15, -0.1) is 0 Å². The number of para-hydroxylation sites is 1. The molecule has 0 aliphatic carbocycles. The number of ether oxygens (including phenoxy) is 1. The molecule has 2 rings (SSSR count). The average molecular weight is 282 g/mol. The molecule has 0 unspecified atom stereocenters. The van der Waals surface area contributed by atoms with Crippen molar-refractivity contribution in [2.45, 2.75) is 26.8 Å². The van der Waals surface area contributed by atoms with E-state index in [2.05, 4.69) is 0 Å². The highest BCUT2D eigenvalue weighted by Gasteiger charge is 2.13. The lowest BCUT2D eigenvalue weighted by atomic mass is 10.1. The van der Waals surface area contributed by atoms with Crippen molar-refractivity contribution in [1.29, 1.82) is 5.26 Å². The molecule has 0 aliphatic heterocycles. The summed E-state index contributed by atoms with van der Waals surface area (Å²) in [4.78, 5) is 12.4. The Bertz CT molecular complexity index is 726. The van der Waals surface area contributed by atoms with Gasteiger partial charge in [0, 0.05) is 12.1 Å². The van der Waals surface area contributed by atoms with E-state index < -0.39 is 0 Å². The Balaban J connectivity index is 2.67. The number of nitriles is 1. The predicted molar refractivity (Wildman–Crippen MR) is 82.3 cm³/mol. The van der Waals surface area contributed by atoms with Crippen LogP contribution in [0, 0.1) is 11.3 Å². The smallest absolute Gasteiger partial charge is 0.268 e. The van der Waals surface area contributed by atoms with E-state index in [9.17, 15) is 4.79 Å². The molecule has 0 radical (unpaired) electrons. The summed E-state index contributed by atoms with van der Waals surface area (Å²) in [5, 5.41) is 9.02. The van der Waals surface area contributed by atoms with Gasteiger partial charge in [0.15, 0.2) is 0 Å². The predicted octanol–water partition coefficient (Wildman–Crippen LogP) is 3.20. The molecule has 1 aromatic heterocycles. The van der Waals surface area contributed by atoms with Crippen molar-refractivity contribution in [3.63, 3.8) is 0 Å². The van der Waals surface area contributed by atoms with Crippen molar-refractivity contribution in [3.8, 4) is 23.1 Å². The Hall–Kier alpha value is -2.54. The number of benzene rings is 1. The fourth-order valence-electron chi connectivity index (χ4n) is 2.30. The SMILES string of the molecule is CCCn1c(-c2ccccc2OCC)ccc(C#N)c1=O. The van der Waals surface area contributed by atoms with E-state index in [0.717, 1.165) is 23.4 Å². The summed E-state index contributed by atoms with van der Waals surface area (Å²) in [6, 6.07) is 13.0. The average Bonchev–Trinajstić information content (AvgIpc) is 2.50. The van der Waals surface area contributed by atoms with Gasteiger partial charge in [-0.25, -0.2) is 0 Å². The van der Waals surface area contributed by atoms with Gasteiger partial charge in [-0.1, -0.05) is 19.1 Å². The van der Waals surface area contributed by atoms with Gasteiger partial charge >= 0.3 is 0 Å². The van der Waals surface area contributed by atoms with Crippen LogP contribution in [0.15, 0.2) is 41.2 Å². The highest BCUT2D eigenvalue weighted by atomic mass is 16.5. The Morgan fingerprint density at radius 2 is 1.95 bits per heavy atom. The largest absolute Gasteiger partial charge is 0.493 e. The second-order valence-corrected chi connectivity index (χ2v) is 4.63. The zero-order chi connectivity index (χ0) is 15.2. The third kappa shape index (κ3) is 2.97. The number of pyridine rings is 1. The third-order valence-corrected chi connectivity index (χ3v) is 3.20. The van der Waals surface area contributed by atoms with Gasteiger partial charge in [0.2, 0.25) is 0 Å². The normalized spacial score (nSPS) is 10.1. The number of hydrogen-bond acceptors (Lipinski definition) is 3. The van der Waals surface area contributed by atoms with Gasteiger partial charge in [0.05, 0.1) is 12.3 Å². The molecule has 0 amide bonds. The summed E-state index contributed by atoms with van der Waals surface area (Å²) in [5.41, 5.74) is 1.57. The second-order valence-electron chi connectivity index (χ2n) is 4.63. The molecule has 1 heterocycles. The number of rotatable bonds is 5. The Morgan fingerprint density at radius 1 is 1.19 bits per heavy atom. The van der Waals surface area contributed by atoms with Crippen LogP contribution in [0.3, 0.4) is 0 Å². The summed E-state index contributed by atoms with van der Waals surface area (Å²) < 4.78 is 7.29. The van der Waals surface area contributed by atoms with Crippen LogP contribution in [0.2, 0.25) is 0 Å². The van der Waals surface area contributed by atoms with Gasteiger partial charge in [-0.2, -0.15) is 5.26 Å². The van der Waals surface area contributed by atoms with Crippen molar-refractivity contribution >= 4 is 0 Å². The lowest BCUT2D eigenvalue weighted by Crippen LogP contribution is -2.24. The monoisotopic (exact) mass is 282 g/mol. The van der Waals surface area contributed by atoms with Crippen molar-refractivity contribution in [2.75, 3.05) is 6.61 Å². The highest BCUT2D eigenvalue weighted by molar-refractivity contribution is 5.68. The van der Waals surface area contributed by atoms with Crippen molar-refractivity contribution < 1.29 is 4.74 Å². The van der Waals surface area contributed by atoms with Crippen LogP contribution in [0.5, 0.6) is 5.75 Å². The van der Waals surface area contributed by atoms with Crippen LogP contribution >= 0.6 is 0 Å². The molecule has 0 saturated heterocycles. The van der Waals surface area contributed by atoms with E-state index in [1.807, 2.05) is 50.2 Å². The third-order valence-electron chi connectivity index (χ3n) is 3.20. The molecular formula is C17H18N2O2. The number of nitrogens with zero attached hydrogens (tertiary/aromatic N) is 2. The Morgan fingerprint density at radius 3 is 2.62 bits per heavy atom. The molecule has 2 aromatic rings. The van der Waals surface area contributed by atoms with Crippen LogP contribution in [0.25, 0.3) is 11.3 Å². The molecule has 0 atom stereocenters. The van der Waals surface area contributed by atoms with Crippen molar-refractivity contribution in [2.24, 2.45) is 0 Å². The van der Waals surface area contributed by atoms with Crippen LogP contribution in [-0.4, -0.2) is 11.2 Å². The molecule has 108 valence electrons. The first-order chi connectivity index (χ1) is 10.2. The van der Waals surface area contributed by atoms with Gasteiger partial charge in [0.25, 0.3) is 5.56 Å². The molecule has 1 aromatic carbocycles. The van der Waals surface area contributed by atoms with E-state index in [1.54, 1.807) is 10.6 Å². The molecule has 21 heavy (non-hydrogen) atoms. The molecule has 0 N–H and O–H groups in total. The lowest BCUT2D eigenvalue weighted by molar-refractivity contribution is 0.341. The fourth-order valence-corrected chi connectivity index (χ4v) is 2.30. The van der Waals surface area contributed by atoms with Crippen LogP contribution < -0.4 is 10.3 Å². The first-order valence-corrected chi connectivity index (χ1v) is 7.09. The zero-order valence-electron chi connectivity index (χ0n) is 12.3. The highest BCUT2D eigenvalue weighted by Crippen LogP contribution is 2.29. The van der Waals surface area contributed by atoms with Gasteiger partial charge < -0.3 is 9.30 Å². The minimum Gasteiger partial charge on any atom is -0.493 e. The summed E-state index contributed by atoms with van der Waals surface area (Å²) in [7, 11) is 0. The maximum Gasteiger partial charge on any atom is 0.268 e. The van der Waals surface area contributed by atoms with E-state index in [0.29, 0.717) is 13.2 Å². The second kappa shape index (κ2) is 6.76. The van der Waals surface area contributed by atoms with Crippen molar-refractivity contribution in [1.82, 2.24) is 4.57 Å².